The molecule has 0 aliphatic carbocycles. The van der Waals surface area contributed by atoms with E-state index < -0.39 is 0 Å². The number of nitrogens with zero attached hydrogens (tertiary/aromatic N) is 1. The molecule has 0 aliphatic heterocycles. The number of pyridine rings is 1. The minimum absolute atomic E-state index is 0.00102. The van der Waals surface area contributed by atoms with Crippen LogP contribution in [-0.4, -0.2) is 24.2 Å². The molecule has 1 aromatic rings. The van der Waals surface area contributed by atoms with Crippen molar-refractivity contribution in [1.82, 2.24) is 4.98 Å². The van der Waals surface area contributed by atoms with E-state index in [-0.39, 0.29) is 12.1 Å². The SMILES string of the molecule is COC(C(C)C)C(N)Cc1cncc(Br)c1. The van der Waals surface area contributed by atoms with Crippen molar-refractivity contribution in [1.29, 1.82) is 0 Å². The molecule has 0 bridgehead atoms. The van der Waals surface area contributed by atoms with Gasteiger partial charge in [0.2, 0.25) is 0 Å². The Morgan fingerprint density at radius 3 is 2.62 bits per heavy atom. The van der Waals surface area contributed by atoms with E-state index in [4.69, 9.17) is 10.5 Å². The van der Waals surface area contributed by atoms with Gasteiger partial charge in [-0.2, -0.15) is 0 Å². The maximum atomic E-state index is 6.14. The molecule has 16 heavy (non-hydrogen) atoms. The molecule has 1 rings (SSSR count). The van der Waals surface area contributed by atoms with Gasteiger partial charge >= 0.3 is 0 Å². The summed E-state index contributed by atoms with van der Waals surface area (Å²) in [5, 5.41) is 0. The average molecular weight is 287 g/mol. The van der Waals surface area contributed by atoms with E-state index in [2.05, 4.69) is 34.8 Å². The van der Waals surface area contributed by atoms with Crippen LogP contribution < -0.4 is 5.73 Å². The Hall–Kier alpha value is -0.450. The van der Waals surface area contributed by atoms with Crippen molar-refractivity contribution < 1.29 is 4.74 Å². The quantitative estimate of drug-likeness (QED) is 0.904. The number of rotatable bonds is 5. The van der Waals surface area contributed by atoms with Crippen molar-refractivity contribution >= 4 is 15.9 Å². The summed E-state index contributed by atoms with van der Waals surface area (Å²) in [5.41, 5.74) is 7.27. The molecule has 0 saturated carbocycles. The van der Waals surface area contributed by atoms with Crippen LogP contribution in [0.5, 0.6) is 0 Å². The van der Waals surface area contributed by atoms with Gasteiger partial charge in [-0.05, 0) is 39.9 Å². The van der Waals surface area contributed by atoms with Crippen LogP contribution >= 0.6 is 15.9 Å². The molecule has 90 valence electrons. The van der Waals surface area contributed by atoms with E-state index >= 15 is 0 Å². The van der Waals surface area contributed by atoms with Gasteiger partial charge in [0, 0.05) is 30.0 Å². The van der Waals surface area contributed by atoms with Crippen LogP contribution in [0.3, 0.4) is 0 Å². The number of ether oxygens (including phenoxy) is 1. The third-order valence-electron chi connectivity index (χ3n) is 2.58. The highest BCUT2D eigenvalue weighted by Gasteiger charge is 2.21. The normalized spacial score (nSPS) is 15.1. The van der Waals surface area contributed by atoms with Crippen LogP contribution in [-0.2, 0) is 11.2 Å². The van der Waals surface area contributed by atoms with Crippen LogP contribution in [0.4, 0.5) is 0 Å². The lowest BCUT2D eigenvalue weighted by molar-refractivity contribution is 0.0441. The van der Waals surface area contributed by atoms with Crippen LogP contribution in [0.25, 0.3) is 0 Å². The first kappa shape index (κ1) is 13.6. The second-order valence-electron chi connectivity index (χ2n) is 4.32. The van der Waals surface area contributed by atoms with E-state index in [9.17, 15) is 0 Å². The Bertz CT molecular complexity index is 331. The van der Waals surface area contributed by atoms with Crippen molar-refractivity contribution in [2.24, 2.45) is 11.7 Å². The topological polar surface area (TPSA) is 48.1 Å². The number of halogens is 1. The minimum atomic E-state index is 0.00102. The Morgan fingerprint density at radius 2 is 2.12 bits per heavy atom. The third kappa shape index (κ3) is 3.85. The maximum absolute atomic E-state index is 6.14. The predicted octanol–water partition coefficient (Wildman–Crippen LogP) is 2.38. The second kappa shape index (κ2) is 6.33. The summed E-state index contributed by atoms with van der Waals surface area (Å²) in [4.78, 5) is 4.12. The Morgan fingerprint density at radius 1 is 1.44 bits per heavy atom. The fourth-order valence-electron chi connectivity index (χ4n) is 1.90. The van der Waals surface area contributed by atoms with Crippen molar-refractivity contribution in [2.45, 2.75) is 32.4 Å². The number of methoxy groups -OCH3 is 1. The van der Waals surface area contributed by atoms with Crippen molar-refractivity contribution in [2.75, 3.05) is 7.11 Å². The highest BCUT2D eigenvalue weighted by atomic mass is 79.9. The Balaban J connectivity index is 2.66. The number of nitrogens with two attached hydrogens (primary N) is 1. The summed E-state index contributed by atoms with van der Waals surface area (Å²) in [6, 6.07) is 2.04. The van der Waals surface area contributed by atoms with Gasteiger partial charge in [-0.15, -0.1) is 0 Å². The molecule has 0 radical (unpaired) electrons. The first-order valence-electron chi connectivity index (χ1n) is 5.42. The number of hydrogen-bond donors (Lipinski definition) is 1. The highest BCUT2D eigenvalue weighted by Crippen LogP contribution is 2.15. The second-order valence-corrected chi connectivity index (χ2v) is 5.24. The van der Waals surface area contributed by atoms with Crippen LogP contribution in [0.1, 0.15) is 19.4 Å². The third-order valence-corrected chi connectivity index (χ3v) is 3.02. The van der Waals surface area contributed by atoms with Crippen LogP contribution in [0.15, 0.2) is 22.9 Å². The predicted molar refractivity (Wildman–Crippen MR) is 69.3 cm³/mol. The summed E-state index contributed by atoms with van der Waals surface area (Å²) in [7, 11) is 1.71. The molecule has 2 atom stereocenters. The van der Waals surface area contributed by atoms with Gasteiger partial charge in [-0.3, -0.25) is 4.98 Å². The van der Waals surface area contributed by atoms with Crippen LogP contribution in [0.2, 0.25) is 0 Å². The first-order valence-corrected chi connectivity index (χ1v) is 6.21. The van der Waals surface area contributed by atoms with Gasteiger partial charge in [0.25, 0.3) is 0 Å². The standard InChI is InChI=1S/C12H19BrN2O/c1-8(2)12(16-3)11(14)5-9-4-10(13)7-15-6-9/h4,6-8,11-12H,5,14H2,1-3H3. The van der Waals surface area contributed by atoms with Gasteiger partial charge < -0.3 is 10.5 Å². The van der Waals surface area contributed by atoms with E-state index in [1.165, 1.54) is 0 Å². The Labute approximate surface area is 106 Å². The van der Waals surface area contributed by atoms with Crippen molar-refractivity contribution in [3.05, 3.63) is 28.5 Å². The molecule has 1 aromatic heterocycles. The largest absolute Gasteiger partial charge is 0.380 e. The maximum Gasteiger partial charge on any atom is 0.0748 e. The minimum Gasteiger partial charge on any atom is -0.380 e. The molecule has 0 fully saturated rings. The lowest BCUT2D eigenvalue weighted by Gasteiger charge is -2.25. The molecule has 2 unspecified atom stereocenters. The van der Waals surface area contributed by atoms with Gasteiger partial charge in [0.05, 0.1) is 6.10 Å². The smallest absolute Gasteiger partial charge is 0.0748 e. The Kier molecular flexibility index (Phi) is 5.38. The molecule has 3 nitrogen and oxygen atoms in total. The summed E-state index contributed by atoms with van der Waals surface area (Å²) in [5.74, 6) is 0.417. The lowest BCUT2D eigenvalue weighted by Crippen LogP contribution is -2.41. The zero-order valence-corrected chi connectivity index (χ0v) is 11.6. The molecular formula is C12H19BrN2O. The number of aromatic nitrogens is 1. The van der Waals surface area contributed by atoms with Crippen molar-refractivity contribution in [3.8, 4) is 0 Å². The molecule has 4 heteroatoms. The summed E-state index contributed by atoms with van der Waals surface area (Å²) < 4.78 is 6.40. The number of hydrogen-bond acceptors (Lipinski definition) is 3. The zero-order valence-electron chi connectivity index (χ0n) is 9.98. The first-order chi connectivity index (χ1) is 7.54. The van der Waals surface area contributed by atoms with E-state index in [1.807, 2.05) is 12.3 Å². The molecule has 1 heterocycles. The van der Waals surface area contributed by atoms with Gasteiger partial charge in [0.1, 0.15) is 0 Å². The monoisotopic (exact) mass is 286 g/mol. The molecule has 0 spiro atoms. The summed E-state index contributed by atoms with van der Waals surface area (Å²) >= 11 is 3.40. The molecule has 0 saturated heterocycles. The zero-order chi connectivity index (χ0) is 12.1. The molecule has 0 aliphatic rings. The average Bonchev–Trinajstić information content (AvgIpc) is 2.17. The summed E-state index contributed by atoms with van der Waals surface area (Å²) in [6.07, 6.45) is 4.48. The van der Waals surface area contributed by atoms with Gasteiger partial charge in [0.15, 0.2) is 0 Å². The highest BCUT2D eigenvalue weighted by molar-refractivity contribution is 9.10. The van der Waals surface area contributed by atoms with Crippen LogP contribution in [0, 0.1) is 5.92 Å². The fourth-order valence-corrected chi connectivity index (χ4v) is 2.31. The van der Waals surface area contributed by atoms with E-state index in [0.717, 1.165) is 16.5 Å². The fraction of sp³-hybridized carbons (Fsp3) is 0.583. The van der Waals surface area contributed by atoms with E-state index in [1.54, 1.807) is 13.3 Å². The van der Waals surface area contributed by atoms with Gasteiger partial charge in [-0.25, -0.2) is 0 Å². The molecular weight excluding hydrogens is 268 g/mol. The lowest BCUT2D eigenvalue weighted by atomic mass is 9.95. The van der Waals surface area contributed by atoms with E-state index in [0.29, 0.717) is 5.92 Å². The van der Waals surface area contributed by atoms with Gasteiger partial charge in [-0.1, -0.05) is 13.8 Å². The summed E-state index contributed by atoms with van der Waals surface area (Å²) in [6.45, 7) is 4.24. The molecule has 0 amide bonds. The molecule has 0 aromatic carbocycles. The van der Waals surface area contributed by atoms with Crippen molar-refractivity contribution in [3.63, 3.8) is 0 Å². The molecule has 2 N–H and O–H groups in total.